The summed E-state index contributed by atoms with van der Waals surface area (Å²) in [6, 6.07) is 9.63. The smallest absolute Gasteiger partial charge is 0.270 e. The number of hydrogen-bond acceptors (Lipinski definition) is 4. The zero-order valence-corrected chi connectivity index (χ0v) is 12.3. The van der Waals surface area contributed by atoms with Crippen LogP contribution in [0.25, 0.3) is 5.78 Å². The lowest BCUT2D eigenvalue weighted by atomic mass is 10.1. The Balaban J connectivity index is 1.77. The summed E-state index contributed by atoms with van der Waals surface area (Å²) in [6.45, 7) is 2.77. The second-order valence-electron chi connectivity index (χ2n) is 5.04. The number of carbonyl (C=O) groups is 1. The molecule has 3 aromatic rings. The third kappa shape index (κ3) is 2.68. The molecule has 0 aliphatic carbocycles. The first kappa shape index (κ1) is 14.2. The van der Waals surface area contributed by atoms with Crippen LogP contribution in [0.15, 0.2) is 42.7 Å². The van der Waals surface area contributed by atoms with Gasteiger partial charge in [-0.15, -0.1) is 0 Å². The van der Waals surface area contributed by atoms with Crippen LogP contribution in [0.4, 0.5) is 0 Å². The lowest BCUT2D eigenvalue weighted by molar-refractivity contribution is 0.0944. The maximum atomic E-state index is 12.4. The van der Waals surface area contributed by atoms with Crippen molar-refractivity contribution in [2.24, 2.45) is 5.73 Å². The minimum absolute atomic E-state index is 0.166. The molecule has 0 saturated carbocycles. The summed E-state index contributed by atoms with van der Waals surface area (Å²) in [5, 5.41) is 2.91. The molecule has 6 nitrogen and oxygen atoms in total. The van der Waals surface area contributed by atoms with Crippen molar-refractivity contribution in [2.45, 2.75) is 20.0 Å². The maximum Gasteiger partial charge on any atom is 0.270 e. The van der Waals surface area contributed by atoms with Gasteiger partial charge in [0.05, 0.1) is 5.69 Å². The van der Waals surface area contributed by atoms with Crippen LogP contribution < -0.4 is 11.1 Å². The first-order chi connectivity index (χ1) is 10.7. The fraction of sp³-hybridized carbons (Fsp3) is 0.188. The Bertz CT molecular complexity index is 807. The highest BCUT2D eigenvalue weighted by Crippen LogP contribution is 2.10. The highest BCUT2D eigenvalue weighted by Gasteiger charge is 2.16. The molecule has 1 amide bonds. The Hall–Kier alpha value is -2.73. The van der Waals surface area contributed by atoms with Crippen molar-refractivity contribution < 1.29 is 4.79 Å². The molecule has 2 aromatic heterocycles. The van der Waals surface area contributed by atoms with E-state index in [2.05, 4.69) is 15.3 Å². The minimum atomic E-state index is -0.166. The summed E-state index contributed by atoms with van der Waals surface area (Å²) >= 11 is 0. The molecule has 0 unspecified atom stereocenters. The van der Waals surface area contributed by atoms with Gasteiger partial charge in [0, 0.05) is 25.5 Å². The molecular formula is C16H17N5O. The quantitative estimate of drug-likeness (QED) is 0.762. The van der Waals surface area contributed by atoms with Crippen LogP contribution in [0.2, 0.25) is 0 Å². The Morgan fingerprint density at radius 3 is 2.73 bits per heavy atom. The second kappa shape index (κ2) is 5.95. The van der Waals surface area contributed by atoms with E-state index in [-0.39, 0.29) is 5.91 Å². The predicted octanol–water partition coefficient (Wildman–Crippen LogP) is 1.43. The molecule has 0 aliphatic rings. The first-order valence-corrected chi connectivity index (χ1v) is 7.05. The summed E-state index contributed by atoms with van der Waals surface area (Å²) in [6.07, 6.45) is 3.44. The van der Waals surface area contributed by atoms with Gasteiger partial charge in [0.2, 0.25) is 5.78 Å². The summed E-state index contributed by atoms with van der Waals surface area (Å²) in [4.78, 5) is 20.8. The van der Waals surface area contributed by atoms with E-state index in [1.165, 1.54) is 0 Å². The van der Waals surface area contributed by atoms with Gasteiger partial charge in [-0.3, -0.25) is 9.20 Å². The molecule has 112 valence electrons. The number of nitrogens with two attached hydrogens (primary N) is 1. The number of benzene rings is 1. The number of imidazole rings is 1. The zero-order chi connectivity index (χ0) is 15.5. The molecule has 0 spiro atoms. The average Bonchev–Trinajstić information content (AvgIpc) is 2.89. The van der Waals surface area contributed by atoms with Gasteiger partial charge < -0.3 is 11.1 Å². The third-order valence-electron chi connectivity index (χ3n) is 3.50. The highest BCUT2D eigenvalue weighted by atomic mass is 16.1. The number of aryl methyl sites for hydroxylation is 1. The molecule has 22 heavy (non-hydrogen) atoms. The fourth-order valence-electron chi connectivity index (χ4n) is 2.33. The fourth-order valence-corrected chi connectivity index (χ4v) is 2.33. The van der Waals surface area contributed by atoms with Crippen molar-refractivity contribution in [3.63, 3.8) is 0 Å². The minimum Gasteiger partial charge on any atom is -0.347 e. The Morgan fingerprint density at radius 1 is 1.27 bits per heavy atom. The van der Waals surface area contributed by atoms with Gasteiger partial charge in [-0.25, -0.2) is 9.97 Å². The number of nitrogens with zero attached hydrogens (tertiary/aromatic N) is 3. The number of carbonyl (C=O) groups excluding carboxylic acids is 1. The van der Waals surface area contributed by atoms with Crippen molar-refractivity contribution in [1.29, 1.82) is 0 Å². The van der Waals surface area contributed by atoms with Gasteiger partial charge in [0.1, 0.15) is 5.69 Å². The molecule has 6 heteroatoms. The average molecular weight is 295 g/mol. The Morgan fingerprint density at radius 2 is 2.00 bits per heavy atom. The van der Waals surface area contributed by atoms with E-state index in [0.29, 0.717) is 30.3 Å². The van der Waals surface area contributed by atoms with Crippen molar-refractivity contribution in [2.75, 3.05) is 0 Å². The molecular weight excluding hydrogens is 278 g/mol. The highest BCUT2D eigenvalue weighted by molar-refractivity contribution is 5.94. The van der Waals surface area contributed by atoms with Gasteiger partial charge in [-0.05, 0) is 24.1 Å². The van der Waals surface area contributed by atoms with Crippen LogP contribution in [0.5, 0.6) is 0 Å². The van der Waals surface area contributed by atoms with E-state index in [1.807, 2.05) is 24.3 Å². The SMILES string of the molecule is Cc1nc2ncccn2c1C(=O)NCc1ccc(CN)cc1. The van der Waals surface area contributed by atoms with Gasteiger partial charge in [-0.2, -0.15) is 0 Å². The third-order valence-corrected chi connectivity index (χ3v) is 3.50. The van der Waals surface area contributed by atoms with E-state index in [9.17, 15) is 4.79 Å². The molecule has 0 aliphatic heterocycles. The second-order valence-corrected chi connectivity index (χ2v) is 5.04. The number of aromatic nitrogens is 3. The van der Waals surface area contributed by atoms with Crippen LogP contribution in [-0.4, -0.2) is 20.3 Å². The molecule has 0 saturated heterocycles. The summed E-state index contributed by atoms with van der Waals surface area (Å²) in [7, 11) is 0. The Labute approximate surface area is 128 Å². The normalized spacial score (nSPS) is 10.8. The lowest BCUT2D eigenvalue weighted by Crippen LogP contribution is -2.25. The molecule has 0 bridgehead atoms. The molecule has 0 radical (unpaired) electrons. The number of nitrogens with one attached hydrogen (secondary N) is 1. The number of fused-ring (bicyclic) bond motifs is 1. The largest absolute Gasteiger partial charge is 0.347 e. The van der Waals surface area contributed by atoms with E-state index in [1.54, 1.807) is 29.8 Å². The molecule has 2 heterocycles. The zero-order valence-electron chi connectivity index (χ0n) is 12.3. The van der Waals surface area contributed by atoms with E-state index >= 15 is 0 Å². The topological polar surface area (TPSA) is 85.3 Å². The van der Waals surface area contributed by atoms with Gasteiger partial charge >= 0.3 is 0 Å². The van der Waals surface area contributed by atoms with Gasteiger partial charge in [-0.1, -0.05) is 24.3 Å². The lowest BCUT2D eigenvalue weighted by Gasteiger charge is -2.06. The summed E-state index contributed by atoms with van der Waals surface area (Å²) < 4.78 is 1.70. The summed E-state index contributed by atoms with van der Waals surface area (Å²) in [5.74, 6) is 0.360. The molecule has 1 aromatic carbocycles. The van der Waals surface area contributed by atoms with Crippen molar-refractivity contribution in [1.82, 2.24) is 19.7 Å². The van der Waals surface area contributed by atoms with Crippen LogP contribution in [0, 0.1) is 6.92 Å². The summed E-state index contributed by atoms with van der Waals surface area (Å²) in [5.41, 5.74) is 8.84. The van der Waals surface area contributed by atoms with Gasteiger partial charge in [0.15, 0.2) is 0 Å². The number of rotatable bonds is 4. The number of amides is 1. The van der Waals surface area contributed by atoms with Crippen molar-refractivity contribution in [3.8, 4) is 0 Å². The monoisotopic (exact) mass is 295 g/mol. The predicted molar refractivity (Wildman–Crippen MR) is 83.2 cm³/mol. The first-order valence-electron chi connectivity index (χ1n) is 7.05. The van der Waals surface area contributed by atoms with E-state index in [4.69, 9.17) is 5.73 Å². The van der Waals surface area contributed by atoms with Crippen LogP contribution in [-0.2, 0) is 13.1 Å². The van der Waals surface area contributed by atoms with Crippen molar-refractivity contribution >= 4 is 11.7 Å². The Kier molecular flexibility index (Phi) is 3.84. The van der Waals surface area contributed by atoms with E-state index in [0.717, 1.165) is 11.1 Å². The van der Waals surface area contributed by atoms with Crippen molar-refractivity contribution in [3.05, 3.63) is 65.2 Å². The van der Waals surface area contributed by atoms with Crippen LogP contribution >= 0.6 is 0 Å². The van der Waals surface area contributed by atoms with E-state index < -0.39 is 0 Å². The molecule has 0 fully saturated rings. The number of hydrogen-bond donors (Lipinski definition) is 2. The molecule has 3 rings (SSSR count). The standard InChI is InChI=1S/C16H17N5O/c1-11-14(21-8-2-7-18-16(21)20-11)15(22)19-10-13-5-3-12(9-17)4-6-13/h2-8H,9-10,17H2,1H3,(H,19,22). The van der Waals surface area contributed by atoms with Gasteiger partial charge in [0.25, 0.3) is 5.91 Å². The maximum absolute atomic E-state index is 12.4. The molecule has 3 N–H and O–H groups in total. The molecule has 0 atom stereocenters. The van der Waals surface area contributed by atoms with Crippen LogP contribution in [0.1, 0.15) is 27.3 Å². The van der Waals surface area contributed by atoms with Crippen LogP contribution in [0.3, 0.4) is 0 Å².